The molecule has 0 atom stereocenters. The lowest BCUT2D eigenvalue weighted by atomic mass is 10.0. The fourth-order valence-electron chi connectivity index (χ4n) is 2.32. The van der Waals surface area contributed by atoms with Gasteiger partial charge in [-0.15, -0.1) is 0 Å². The van der Waals surface area contributed by atoms with E-state index < -0.39 is 5.97 Å². The van der Waals surface area contributed by atoms with E-state index in [0.717, 1.165) is 27.7 Å². The molecule has 0 bridgehead atoms. The van der Waals surface area contributed by atoms with Crippen molar-refractivity contribution in [2.45, 2.75) is 13.3 Å². The highest BCUT2D eigenvalue weighted by Crippen LogP contribution is 2.17. The molecule has 2 aromatic heterocycles. The van der Waals surface area contributed by atoms with Crippen LogP contribution in [-0.2, 0) is 6.42 Å². The van der Waals surface area contributed by atoms with Gasteiger partial charge in [0.15, 0.2) is 0 Å². The monoisotopic (exact) mass is 278 g/mol. The zero-order valence-electron chi connectivity index (χ0n) is 11.6. The molecule has 104 valence electrons. The highest BCUT2D eigenvalue weighted by molar-refractivity contribution is 5.87. The molecule has 21 heavy (non-hydrogen) atoms. The van der Waals surface area contributed by atoms with Crippen molar-refractivity contribution in [1.82, 2.24) is 9.97 Å². The first-order valence-electron chi connectivity index (χ1n) is 6.65. The molecule has 0 unspecified atom stereocenters. The van der Waals surface area contributed by atoms with Crippen molar-refractivity contribution in [2.75, 3.05) is 0 Å². The van der Waals surface area contributed by atoms with Crippen LogP contribution in [0, 0.1) is 6.92 Å². The molecule has 0 radical (unpaired) electrons. The molecule has 1 aromatic carbocycles. The van der Waals surface area contributed by atoms with Gasteiger partial charge in [0.2, 0.25) is 0 Å². The maximum atomic E-state index is 11.0. The second kappa shape index (κ2) is 5.32. The van der Waals surface area contributed by atoms with Crippen molar-refractivity contribution >= 4 is 16.9 Å². The highest BCUT2D eigenvalue weighted by atomic mass is 16.4. The van der Waals surface area contributed by atoms with Crippen molar-refractivity contribution < 1.29 is 9.90 Å². The Bertz CT molecular complexity index is 828. The highest BCUT2D eigenvalue weighted by Gasteiger charge is 2.06. The number of carboxylic acid groups (broad SMARTS) is 1. The van der Waals surface area contributed by atoms with Gasteiger partial charge in [-0.1, -0.05) is 6.07 Å². The van der Waals surface area contributed by atoms with E-state index in [4.69, 9.17) is 5.11 Å². The first kappa shape index (κ1) is 13.2. The third-order valence-electron chi connectivity index (χ3n) is 3.33. The van der Waals surface area contributed by atoms with Crippen LogP contribution in [0.25, 0.3) is 10.9 Å². The van der Waals surface area contributed by atoms with Crippen molar-refractivity contribution in [3.05, 3.63) is 71.2 Å². The molecule has 0 aliphatic rings. The van der Waals surface area contributed by atoms with E-state index in [1.54, 1.807) is 6.07 Å². The first-order valence-corrected chi connectivity index (χ1v) is 6.65. The summed E-state index contributed by atoms with van der Waals surface area (Å²) >= 11 is 0. The minimum atomic E-state index is -0.933. The summed E-state index contributed by atoms with van der Waals surface area (Å²) in [6.07, 6.45) is 3.98. The molecule has 3 rings (SSSR count). The summed E-state index contributed by atoms with van der Waals surface area (Å²) in [6, 6.07) is 11.3. The van der Waals surface area contributed by atoms with Crippen LogP contribution in [0.1, 0.15) is 27.2 Å². The van der Waals surface area contributed by atoms with Gasteiger partial charge in [0.25, 0.3) is 0 Å². The molecule has 0 aliphatic carbocycles. The molecule has 4 heteroatoms. The van der Waals surface area contributed by atoms with E-state index in [0.29, 0.717) is 6.42 Å². The van der Waals surface area contributed by atoms with Gasteiger partial charge in [0.1, 0.15) is 0 Å². The van der Waals surface area contributed by atoms with E-state index in [9.17, 15) is 4.79 Å². The van der Waals surface area contributed by atoms with Crippen molar-refractivity contribution in [3.8, 4) is 0 Å². The topological polar surface area (TPSA) is 63.1 Å². The summed E-state index contributed by atoms with van der Waals surface area (Å²) in [6.45, 7) is 2.01. The molecule has 2 heterocycles. The summed E-state index contributed by atoms with van der Waals surface area (Å²) in [5.41, 5.74) is 4.17. The molecule has 0 saturated heterocycles. The van der Waals surface area contributed by atoms with E-state index in [-0.39, 0.29) is 5.56 Å². The Kier molecular flexibility index (Phi) is 3.36. The van der Waals surface area contributed by atoms with E-state index in [1.165, 1.54) is 12.3 Å². The summed E-state index contributed by atoms with van der Waals surface area (Å²) < 4.78 is 0. The Balaban J connectivity index is 1.94. The van der Waals surface area contributed by atoms with Crippen LogP contribution in [0.2, 0.25) is 0 Å². The summed E-state index contributed by atoms with van der Waals surface area (Å²) in [7, 11) is 0. The lowest BCUT2D eigenvalue weighted by molar-refractivity contribution is 0.0696. The zero-order valence-corrected chi connectivity index (χ0v) is 11.6. The van der Waals surface area contributed by atoms with Crippen LogP contribution in [-0.4, -0.2) is 21.0 Å². The summed E-state index contributed by atoms with van der Waals surface area (Å²) in [5.74, 6) is -0.933. The smallest absolute Gasteiger partial charge is 0.335 e. The fraction of sp³-hybridized carbons (Fsp3) is 0.118. The summed E-state index contributed by atoms with van der Waals surface area (Å²) in [4.78, 5) is 19.6. The average Bonchev–Trinajstić information content (AvgIpc) is 2.47. The molecular weight excluding hydrogens is 264 g/mol. The molecule has 3 aromatic rings. The van der Waals surface area contributed by atoms with Crippen LogP contribution in [0.4, 0.5) is 0 Å². The number of hydrogen-bond acceptors (Lipinski definition) is 3. The number of pyridine rings is 2. The Morgan fingerprint density at radius 1 is 1.14 bits per heavy atom. The largest absolute Gasteiger partial charge is 0.478 e. The van der Waals surface area contributed by atoms with Crippen molar-refractivity contribution in [2.24, 2.45) is 0 Å². The third-order valence-corrected chi connectivity index (χ3v) is 3.33. The molecule has 1 N–H and O–H groups in total. The average molecular weight is 278 g/mol. The Labute approximate surface area is 122 Å². The Morgan fingerprint density at radius 3 is 2.81 bits per heavy atom. The van der Waals surface area contributed by atoms with E-state index >= 15 is 0 Å². The van der Waals surface area contributed by atoms with Gasteiger partial charge in [0, 0.05) is 29.9 Å². The Hall–Kier alpha value is -2.75. The van der Waals surface area contributed by atoms with Gasteiger partial charge in [-0.25, -0.2) is 4.79 Å². The number of aryl methyl sites for hydroxylation is 1. The lowest BCUT2D eigenvalue weighted by Crippen LogP contribution is -2.00. The Morgan fingerprint density at radius 2 is 2.00 bits per heavy atom. The predicted octanol–water partition coefficient (Wildman–Crippen LogP) is 3.23. The van der Waals surface area contributed by atoms with Gasteiger partial charge < -0.3 is 5.11 Å². The minimum Gasteiger partial charge on any atom is -0.478 e. The van der Waals surface area contributed by atoms with Crippen LogP contribution in [0.3, 0.4) is 0 Å². The van der Waals surface area contributed by atoms with Crippen molar-refractivity contribution in [3.63, 3.8) is 0 Å². The van der Waals surface area contributed by atoms with Gasteiger partial charge in [-0.2, -0.15) is 0 Å². The minimum absolute atomic E-state index is 0.262. The van der Waals surface area contributed by atoms with Gasteiger partial charge >= 0.3 is 5.97 Å². The molecule has 0 saturated carbocycles. The maximum Gasteiger partial charge on any atom is 0.335 e. The molecule has 0 aliphatic heterocycles. The number of fused-ring (bicyclic) bond motifs is 1. The predicted molar refractivity (Wildman–Crippen MR) is 80.5 cm³/mol. The third kappa shape index (κ3) is 2.89. The molecule has 0 spiro atoms. The first-order chi connectivity index (χ1) is 10.1. The van der Waals surface area contributed by atoms with Crippen LogP contribution >= 0.6 is 0 Å². The second-order valence-electron chi connectivity index (χ2n) is 5.06. The number of carboxylic acids is 1. The fourth-order valence-corrected chi connectivity index (χ4v) is 2.32. The number of hydrogen-bond donors (Lipinski definition) is 1. The van der Waals surface area contributed by atoms with Gasteiger partial charge in [-0.3, -0.25) is 9.97 Å². The quantitative estimate of drug-likeness (QED) is 0.799. The number of carbonyl (C=O) groups is 1. The standard InChI is InChI=1S/C17H14N2O2/c1-11-6-14-7-12(2-3-16(14)19-10-11)8-15-9-13(17(20)21)4-5-18-15/h2-7,9-10H,8H2,1H3,(H,20,21). The van der Waals surface area contributed by atoms with E-state index in [1.807, 2.05) is 25.3 Å². The van der Waals surface area contributed by atoms with E-state index in [2.05, 4.69) is 22.1 Å². The number of aromatic nitrogens is 2. The zero-order chi connectivity index (χ0) is 14.8. The SMILES string of the molecule is Cc1cnc2ccc(Cc3cc(C(=O)O)ccn3)cc2c1. The molecule has 0 fully saturated rings. The molecular formula is C17H14N2O2. The lowest BCUT2D eigenvalue weighted by Gasteiger charge is -2.05. The van der Waals surface area contributed by atoms with Crippen LogP contribution < -0.4 is 0 Å². The number of nitrogens with zero attached hydrogens (tertiary/aromatic N) is 2. The number of rotatable bonds is 3. The number of aromatic carboxylic acids is 1. The normalized spacial score (nSPS) is 10.7. The molecule has 4 nitrogen and oxygen atoms in total. The number of benzene rings is 1. The maximum absolute atomic E-state index is 11.0. The van der Waals surface area contributed by atoms with Gasteiger partial charge in [0.05, 0.1) is 11.1 Å². The van der Waals surface area contributed by atoms with Crippen LogP contribution in [0.15, 0.2) is 48.8 Å². The second-order valence-corrected chi connectivity index (χ2v) is 5.06. The van der Waals surface area contributed by atoms with Crippen molar-refractivity contribution in [1.29, 1.82) is 0 Å². The van der Waals surface area contributed by atoms with Crippen LogP contribution in [0.5, 0.6) is 0 Å². The summed E-state index contributed by atoms with van der Waals surface area (Å²) in [5, 5.41) is 10.1. The van der Waals surface area contributed by atoms with Gasteiger partial charge in [-0.05, 0) is 48.4 Å². The molecule has 0 amide bonds.